The van der Waals surface area contributed by atoms with Gasteiger partial charge in [0.1, 0.15) is 23.1 Å². The van der Waals surface area contributed by atoms with Crippen molar-refractivity contribution in [3.8, 4) is 17.2 Å². The van der Waals surface area contributed by atoms with Gasteiger partial charge in [-0.2, -0.15) is 0 Å². The summed E-state index contributed by atoms with van der Waals surface area (Å²) >= 11 is 5.82. The maximum atomic E-state index is 5.93. The zero-order valence-corrected chi connectivity index (χ0v) is 12.0. The molecule has 5 nitrogen and oxygen atoms in total. The summed E-state index contributed by atoms with van der Waals surface area (Å²) in [6, 6.07) is 12.7. The molecule has 0 amide bonds. The molecular weight excluding hydrogens is 290 g/mol. The van der Waals surface area contributed by atoms with Gasteiger partial charge in [0.2, 0.25) is 5.28 Å². The van der Waals surface area contributed by atoms with Crippen molar-refractivity contribution in [2.45, 2.75) is 0 Å². The number of nitrogens with two attached hydrogens (primary N) is 1. The molecule has 0 radical (unpaired) electrons. The van der Waals surface area contributed by atoms with Crippen LogP contribution in [0.25, 0.3) is 10.9 Å². The number of methoxy groups -OCH3 is 1. The lowest BCUT2D eigenvalue weighted by molar-refractivity contribution is 0.409. The highest BCUT2D eigenvalue weighted by molar-refractivity contribution is 6.28. The third-order valence-electron chi connectivity index (χ3n) is 2.95. The lowest BCUT2D eigenvalue weighted by atomic mass is 10.2. The average Bonchev–Trinajstić information content (AvgIpc) is 2.47. The summed E-state index contributed by atoms with van der Waals surface area (Å²) in [5.74, 6) is 2.19. The number of nitrogen functional groups attached to an aromatic ring is 1. The predicted octanol–water partition coefficient (Wildman–Crippen LogP) is 3.67. The van der Waals surface area contributed by atoms with Crippen LogP contribution in [0.2, 0.25) is 5.28 Å². The zero-order valence-electron chi connectivity index (χ0n) is 11.2. The van der Waals surface area contributed by atoms with Crippen LogP contribution in [0, 0.1) is 0 Å². The molecule has 0 aliphatic heterocycles. The van der Waals surface area contributed by atoms with E-state index in [2.05, 4.69) is 9.97 Å². The molecule has 3 aromatic rings. The molecule has 0 unspecified atom stereocenters. The fourth-order valence-electron chi connectivity index (χ4n) is 2.03. The van der Waals surface area contributed by atoms with Gasteiger partial charge in [0.25, 0.3) is 0 Å². The van der Waals surface area contributed by atoms with Gasteiger partial charge in [-0.25, -0.2) is 9.97 Å². The molecule has 0 atom stereocenters. The third kappa shape index (κ3) is 2.68. The van der Waals surface area contributed by atoms with E-state index in [0.717, 1.165) is 0 Å². The molecule has 3 rings (SSSR count). The normalized spacial score (nSPS) is 10.6. The van der Waals surface area contributed by atoms with Crippen LogP contribution in [0.1, 0.15) is 0 Å². The van der Waals surface area contributed by atoms with E-state index >= 15 is 0 Å². The molecule has 0 aliphatic carbocycles. The first-order valence-electron chi connectivity index (χ1n) is 6.21. The molecule has 1 aromatic heterocycles. The lowest BCUT2D eigenvalue weighted by Gasteiger charge is -2.10. The Labute approximate surface area is 126 Å². The van der Waals surface area contributed by atoms with Crippen molar-refractivity contribution in [3.05, 3.63) is 47.7 Å². The standard InChI is InChI=1S/C15H12ClN3O2/c1-20-9-4-2-5-10(8-9)21-12-7-3-6-11-13(12)14(17)19-15(16)18-11/h2-8H,1H3,(H2,17,18,19). The molecular formula is C15H12ClN3O2. The predicted molar refractivity (Wildman–Crippen MR) is 82.0 cm³/mol. The molecule has 0 bridgehead atoms. The van der Waals surface area contributed by atoms with Gasteiger partial charge in [-0.15, -0.1) is 0 Å². The van der Waals surface area contributed by atoms with Crippen LogP contribution in [0.15, 0.2) is 42.5 Å². The van der Waals surface area contributed by atoms with Gasteiger partial charge in [0.15, 0.2) is 0 Å². The van der Waals surface area contributed by atoms with E-state index < -0.39 is 0 Å². The molecule has 0 saturated carbocycles. The second-order valence-electron chi connectivity index (χ2n) is 4.31. The number of benzene rings is 2. The number of nitrogens with zero attached hydrogens (tertiary/aromatic N) is 2. The maximum Gasteiger partial charge on any atom is 0.224 e. The molecule has 21 heavy (non-hydrogen) atoms. The second kappa shape index (κ2) is 5.46. The Balaban J connectivity index is 2.08. The zero-order chi connectivity index (χ0) is 14.8. The summed E-state index contributed by atoms with van der Waals surface area (Å²) in [5.41, 5.74) is 6.56. The van der Waals surface area contributed by atoms with E-state index in [0.29, 0.717) is 28.2 Å². The Bertz CT molecular complexity index is 808. The minimum atomic E-state index is 0.110. The maximum absolute atomic E-state index is 5.93. The van der Waals surface area contributed by atoms with Crippen molar-refractivity contribution in [2.24, 2.45) is 0 Å². The van der Waals surface area contributed by atoms with Crippen molar-refractivity contribution in [1.29, 1.82) is 0 Å². The number of aromatic nitrogens is 2. The minimum absolute atomic E-state index is 0.110. The number of halogens is 1. The van der Waals surface area contributed by atoms with Gasteiger partial charge in [0, 0.05) is 6.07 Å². The largest absolute Gasteiger partial charge is 0.497 e. The average molecular weight is 302 g/mol. The SMILES string of the molecule is COc1cccc(Oc2cccc3nc(Cl)nc(N)c23)c1. The Morgan fingerprint density at radius 3 is 2.62 bits per heavy atom. The summed E-state index contributed by atoms with van der Waals surface area (Å²) in [4.78, 5) is 8.11. The molecule has 106 valence electrons. The number of fused-ring (bicyclic) bond motifs is 1. The topological polar surface area (TPSA) is 70.3 Å². The van der Waals surface area contributed by atoms with E-state index in [1.165, 1.54) is 0 Å². The Hall–Kier alpha value is -2.53. The first kappa shape index (κ1) is 13.5. The van der Waals surface area contributed by atoms with E-state index in [4.69, 9.17) is 26.8 Å². The smallest absolute Gasteiger partial charge is 0.224 e. The Morgan fingerprint density at radius 1 is 1.05 bits per heavy atom. The van der Waals surface area contributed by atoms with Gasteiger partial charge in [-0.3, -0.25) is 0 Å². The quantitative estimate of drug-likeness (QED) is 0.747. The van der Waals surface area contributed by atoms with Gasteiger partial charge in [-0.1, -0.05) is 12.1 Å². The molecule has 2 N–H and O–H groups in total. The van der Waals surface area contributed by atoms with Crippen LogP contribution in [-0.4, -0.2) is 17.1 Å². The van der Waals surface area contributed by atoms with Gasteiger partial charge in [0.05, 0.1) is 18.0 Å². The van der Waals surface area contributed by atoms with Crippen molar-refractivity contribution >= 4 is 28.3 Å². The van der Waals surface area contributed by atoms with Crippen molar-refractivity contribution in [1.82, 2.24) is 9.97 Å². The van der Waals surface area contributed by atoms with Gasteiger partial charge < -0.3 is 15.2 Å². The molecule has 0 spiro atoms. The fourth-order valence-corrected chi connectivity index (χ4v) is 2.21. The highest BCUT2D eigenvalue weighted by Gasteiger charge is 2.10. The summed E-state index contributed by atoms with van der Waals surface area (Å²) in [5, 5.41) is 0.739. The molecule has 1 heterocycles. The van der Waals surface area contributed by atoms with E-state index in [1.807, 2.05) is 24.3 Å². The van der Waals surface area contributed by atoms with Crippen molar-refractivity contribution < 1.29 is 9.47 Å². The molecule has 0 saturated heterocycles. The van der Waals surface area contributed by atoms with Crippen molar-refractivity contribution in [2.75, 3.05) is 12.8 Å². The molecule has 0 fully saturated rings. The molecule has 6 heteroatoms. The number of hydrogen-bond donors (Lipinski definition) is 1. The summed E-state index contributed by atoms with van der Waals surface area (Å²) in [7, 11) is 1.60. The summed E-state index contributed by atoms with van der Waals surface area (Å²) in [6.07, 6.45) is 0. The number of anilines is 1. The van der Waals surface area contributed by atoms with Crippen molar-refractivity contribution in [3.63, 3.8) is 0 Å². The summed E-state index contributed by atoms with van der Waals surface area (Å²) in [6.45, 7) is 0. The van der Waals surface area contributed by atoms with E-state index in [-0.39, 0.29) is 11.1 Å². The fraction of sp³-hybridized carbons (Fsp3) is 0.0667. The van der Waals surface area contributed by atoms with Gasteiger partial charge >= 0.3 is 0 Å². The van der Waals surface area contributed by atoms with E-state index in [1.54, 1.807) is 25.3 Å². The Morgan fingerprint density at radius 2 is 1.81 bits per heavy atom. The summed E-state index contributed by atoms with van der Waals surface area (Å²) < 4.78 is 11.0. The monoisotopic (exact) mass is 301 g/mol. The van der Waals surface area contributed by atoms with E-state index in [9.17, 15) is 0 Å². The van der Waals surface area contributed by atoms with Crippen LogP contribution in [0.4, 0.5) is 5.82 Å². The Kier molecular flexibility index (Phi) is 3.50. The van der Waals surface area contributed by atoms with Crippen LogP contribution in [-0.2, 0) is 0 Å². The second-order valence-corrected chi connectivity index (χ2v) is 4.65. The molecule has 0 aliphatic rings. The number of hydrogen-bond acceptors (Lipinski definition) is 5. The third-order valence-corrected chi connectivity index (χ3v) is 3.12. The number of rotatable bonds is 3. The van der Waals surface area contributed by atoms with Crippen LogP contribution < -0.4 is 15.2 Å². The highest BCUT2D eigenvalue weighted by atomic mass is 35.5. The molecule has 2 aromatic carbocycles. The lowest BCUT2D eigenvalue weighted by Crippen LogP contribution is -1.97. The highest BCUT2D eigenvalue weighted by Crippen LogP contribution is 2.33. The van der Waals surface area contributed by atoms with Crippen LogP contribution in [0.3, 0.4) is 0 Å². The number of ether oxygens (including phenoxy) is 2. The first-order valence-corrected chi connectivity index (χ1v) is 6.59. The minimum Gasteiger partial charge on any atom is -0.497 e. The first-order chi connectivity index (χ1) is 10.2. The van der Waals surface area contributed by atoms with Crippen LogP contribution >= 0.6 is 11.6 Å². The van der Waals surface area contributed by atoms with Crippen LogP contribution in [0.5, 0.6) is 17.2 Å². The van der Waals surface area contributed by atoms with Gasteiger partial charge in [-0.05, 0) is 35.9 Å².